The number of hydrogen-bond donors (Lipinski definition) is 6. The molecule has 44 heavy (non-hydrogen) atoms. The molecule has 22 heteroatoms. The van der Waals surface area contributed by atoms with Crippen molar-refractivity contribution in [3.8, 4) is 0 Å². The third-order valence-corrected chi connectivity index (χ3v) is 10.2. The van der Waals surface area contributed by atoms with Crippen molar-refractivity contribution in [1.82, 2.24) is 0 Å². The van der Waals surface area contributed by atoms with Crippen LogP contribution in [0.1, 0.15) is 40.5 Å². The molecule has 0 aromatic rings. The van der Waals surface area contributed by atoms with Gasteiger partial charge in [0.2, 0.25) is 13.6 Å². The molecule has 0 heterocycles. The van der Waals surface area contributed by atoms with Crippen molar-refractivity contribution in [3.05, 3.63) is 0 Å². The van der Waals surface area contributed by atoms with Gasteiger partial charge in [0.15, 0.2) is 0 Å². The molecule has 0 aromatic carbocycles. The molecule has 9 N–H and O–H groups in total. The number of rotatable bonds is 21. The second-order valence-electron chi connectivity index (χ2n) is 9.56. The normalized spacial score (nSPS) is 14.7. The van der Waals surface area contributed by atoms with E-state index in [0.29, 0.717) is 0 Å². The van der Waals surface area contributed by atoms with E-state index in [1.807, 2.05) is 0 Å². The van der Waals surface area contributed by atoms with E-state index in [1.54, 1.807) is 27.7 Å². The molecule has 0 bridgehead atoms. The summed E-state index contributed by atoms with van der Waals surface area (Å²) >= 11 is 0. The van der Waals surface area contributed by atoms with E-state index in [0.717, 1.165) is 0 Å². The number of ether oxygens (including phenoxy) is 6. The average Bonchev–Trinajstić information content (AvgIpc) is 2.94. The van der Waals surface area contributed by atoms with E-state index >= 15 is 0 Å². The van der Waals surface area contributed by atoms with Crippen molar-refractivity contribution in [2.45, 2.75) is 57.7 Å². The van der Waals surface area contributed by atoms with Crippen molar-refractivity contribution in [3.63, 3.8) is 0 Å². The Hall–Kier alpha value is -2.38. The van der Waals surface area contributed by atoms with Gasteiger partial charge in [0, 0.05) is 6.42 Å². The van der Waals surface area contributed by atoms with E-state index in [2.05, 4.69) is 18.9 Å². The zero-order chi connectivity index (χ0) is 34.1. The molecule has 258 valence electrons. The number of nitrogens with two attached hydrogens (primary N) is 3. The van der Waals surface area contributed by atoms with Crippen LogP contribution < -0.4 is 17.2 Å². The van der Waals surface area contributed by atoms with Crippen LogP contribution in [-0.2, 0) is 56.2 Å². The van der Waals surface area contributed by atoms with Gasteiger partial charge in [-0.05, 0) is 24.8 Å². The first kappa shape index (κ1) is 41.6. The molecule has 0 aromatic heterocycles. The first-order valence-corrected chi connectivity index (χ1v) is 16.3. The Labute approximate surface area is 253 Å². The lowest BCUT2D eigenvalue weighted by Crippen LogP contribution is -2.37. The summed E-state index contributed by atoms with van der Waals surface area (Å²) in [6.07, 6.45) is -4.13. The molecular weight excluding hydrogens is 640 g/mol. The molecule has 1 unspecified atom stereocenters. The van der Waals surface area contributed by atoms with Crippen molar-refractivity contribution in [2.75, 3.05) is 46.6 Å². The van der Waals surface area contributed by atoms with Gasteiger partial charge in [-0.25, -0.2) is 9.59 Å². The largest absolute Gasteiger partial charge is 0.510 e. The highest BCUT2D eigenvalue weighted by Gasteiger charge is 2.62. The van der Waals surface area contributed by atoms with Crippen LogP contribution in [0.25, 0.3) is 0 Å². The molecule has 20 nitrogen and oxygen atoms in total. The number of esters is 2. The fraction of sp³-hybridized carbons (Fsp3) is 0.818. The van der Waals surface area contributed by atoms with Crippen molar-refractivity contribution in [2.24, 2.45) is 29.0 Å². The molecular formula is C22H43N3O17P2. The van der Waals surface area contributed by atoms with Gasteiger partial charge in [-0.2, -0.15) is 0 Å². The molecule has 0 amide bonds. The Bertz CT molecular complexity index is 968. The Kier molecular flexibility index (Phi) is 18.8. The van der Waals surface area contributed by atoms with Crippen LogP contribution in [0.4, 0.5) is 9.59 Å². The minimum absolute atomic E-state index is 0.206. The summed E-state index contributed by atoms with van der Waals surface area (Å²) in [4.78, 5) is 66.5. The highest BCUT2D eigenvalue weighted by Crippen LogP contribution is 2.74. The summed E-state index contributed by atoms with van der Waals surface area (Å²) in [6.45, 7) is 2.09. The average molecular weight is 684 g/mol. The van der Waals surface area contributed by atoms with E-state index in [9.17, 15) is 43.2 Å². The molecule has 0 radical (unpaired) electrons. The van der Waals surface area contributed by atoms with Crippen molar-refractivity contribution < 1.29 is 80.7 Å². The van der Waals surface area contributed by atoms with Crippen LogP contribution in [0.2, 0.25) is 0 Å². The quantitative estimate of drug-likeness (QED) is 0.0306. The van der Waals surface area contributed by atoms with Crippen molar-refractivity contribution >= 4 is 39.4 Å². The van der Waals surface area contributed by atoms with E-state index in [1.165, 1.54) is 0 Å². The zero-order valence-corrected chi connectivity index (χ0v) is 26.6. The standard InChI is InChI=1S/C22H43N3O17P2/c1-14(2)16(24)18(26)35-8-10-37-20(28)39-12-41-44(34,22(30,6-5-7-23)43(31,32)33)42-13-40-21(29)38-11-9-36-19(27)17(25)15(3)4/h14-17,30H,5-13,23-25H2,1-4H3,(H2,31,32,33)/t16-,17-,22?/m0/s1. The molecule has 0 aliphatic carbocycles. The van der Waals surface area contributed by atoms with Gasteiger partial charge in [0.05, 0.1) is 0 Å². The van der Waals surface area contributed by atoms with Gasteiger partial charge in [0.1, 0.15) is 38.5 Å². The first-order chi connectivity index (χ1) is 20.3. The van der Waals surface area contributed by atoms with Crippen LogP contribution in [-0.4, -0.2) is 103 Å². The minimum Gasteiger partial charge on any atom is -0.461 e. The van der Waals surface area contributed by atoms with Gasteiger partial charge >= 0.3 is 39.4 Å². The number of hydrogen-bond acceptors (Lipinski definition) is 18. The van der Waals surface area contributed by atoms with Gasteiger partial charge in [0.25, 0.3) is 5.08 Å². The van der Waals surface area contributed by atoms with Crippen LogP contribution in [0.5, 0.6) is 0 Å². The van der Waals surface area contributed by atoms with Crippen molar-refractivity contribution in [1.29, 1.82) is 0 Å². The second-order valence-corrected chi connectivity index (χ2v) is 14.0. The fourth-order valence-electron chi connectivity index (χ4n) is 2.67. The van der Waals surface area contributed by atoms with Gasteiger partial charge < -0.3 is 60.5 Å². The topological polar surface area (TPSA) is 315 Å². The summed E-state index contributed by atoms with van der Waals surface area (Å²) in [5.41, 5.74) is 16.6. The molecule has 0 aliphatic rings. The molecule has 0 spiro atoms. The maximum absolute atomic E-state index is 13.4. The van der Waals surface area contributed by atoms with Gasteiger partial charge in [-0.3, -0.25) is 27.8 Å². The fourth-order valence-corrected chi connectivity index (χ4v) is 6.04. The number of carbonyl (C=O) groups is 4. The summed E-state index contributed by atoms with van der Waals surface area (Å²) in [5.74, 6) is -1.90. The molecule has 0 saturated heterocycles. The van der Waals surface area contributed by atoms with Crippen LogP contribution in [0.3, 0.4) is 0 Å². The Balaban J connectivity index is 5.13. The van der Waals surface area contributed by atoms with Gasteiger partial charge in [-0.1, -0.05) is 27.7 Å². The summed E-state index contributed by atoms with van der Waals surface area (Å²) in [5, 5.41) is 7.23. The summed E-state index contributed by atoms with van der Waals surface area (Å²) in [6, 6.07) is -1.80. The smallest absolute Gasteiger partial charge is 0.461 e. The van der Waals surface area contributed by atoms with E-state index in [4.69, 9.17) is 35.7 Å². The Morgan fingerprint density at radius 2 is 1.07 bits per heavy atom. The highest BCUT2D eigenvalue weighted by molar-refractivity contribution is 7.73. The van der Waals surface area contributed by atoms with E-state index in [-0.39, 0.29) is 24.8 Å². The molecule has 0 saturated carbocycles. The molecule has 0 fully saturated rings. The maximum atomic E-state index is 13.4. The highest BCUT2D eigenvalue weighted by atomic mass is 31.2. The summed E-state index contributed by atoms with van der Waals surface area (Å²) in [7, 11) is -11.2. The Morgan fingerprint density at radius 1 is 0.705 bits per heavy atom. The number of carbonyl (C=O) groups excluding carboxylic acids is 4. The molecule has 0 rings (SSSR count). The van der Waals surface area contributed by atoms with Crippen LogP contribution in [0.15, 0.2) is 0 Å². The number of aliphatic hydroxyl groups is 1. The van der Waals surface area contributed by atoms with Crippen LogP contribution >= 0.6 is 15.2 Å². The molecule has 0 aliphatic heterocycles. The zero-order valence-electron chi connectivity index (χ0n) is 24.9. The third kappa shape index (κ3) is 14.2. The maximum Gasteiger partial charge on any atom is 0.510 e. The Morgan fingerprint density at radius 3 is 1.39 bits per heavy atom. The lowest BCUT2D eigenvalue weighted by molar-refractivity contribution is -0.148. The lowest BCUT2D eigenvalue weighted by atomic mass is 10.1. The predicted molar refractivity (Wildman–Crippen MR) is 147 cm³/mol. The first-order valence-electron chi connectivity index (χ1n) is 13.1. The third-order valence-electron chi connectivity index (χ3n) is 5.50. The summed E-state index contributed by atoms with van der Waals surface area (Å²) < 4.78 is 63.0. The SMILES string of the molecule is CC(C)[C@H](N)C(=O)OCCOC(=O)OCOP(=O)(OCOC(=O)OCCOC(=O)[C@@H](N)C(C)C)C(O)(CCCN)P(=O)(O)O. The molecule has 3 atom stereocenters. The minimum atomic E-state index is -5.73. The second kappa shape index (κ2) is 19.9. The van der Waals surface area contributed by atoms with E-state index < -0.39 is 103 Å². The van der Waals surface area contributed by atoms with Gasteiger partial charge in [-0.15, -0.1) is 0 Å². The predicted octanol–water partition coefficient (Wildman–Crippen LogP) is 0.0498. The monoisotopic (exact) mass is 683 g/mol. The lowest BCUT2D eigenvalue weighted by Gasteiger charge is -2.34. The van der Waals surface area contributed by atoms with Crippen LogP contribution in [0, 0.1) is 11.8 Å².